The molecule has 0 unspecified atom stereocenters. The van der Waals surface area contributed by atoms with Crippen LogP contribution >= 0.6 is 23.4 Å². The number of aromatic nitrogens is 2. The van der Waals surface area contributed by atoms with Crippen LogP contribution in [0.5, 0.6) is 0 Å². The molecule has 0 aliphatic carbocycles. The summed E-state index contributed by atoms with van der Waals surface area (Å²) in [5, 5.41) is 4.01. The Morgan fingerprint density at radius 3 is 2.69 bits per heavy atom. The van der Waals surface area contributed by atoms with Crippen LogP contribution in [0.4, 0.5) is 13.2 Å². The summed E-state index contributed by atoms with van der Waals surface area (Å²) < 4.78 is 42.0. The minimum atomic E-state index is -4.68. The van der Waals surface area contributed by atoms with Gasteiger partial charge in [0.1, 0.15) is 5.15 Å². The van der Waals surface area contributed by atoms with E-state index in [-0.39, 0.29) is 35.7 Å². The third-order valence-corrected chi connectivity index (χ3v) is 5.46. The molecular weight excluding hydrogens is 467 g/mol. The zero-order valence-electron chi connectivity index (χ0n) is 17.7. The summed E-state index contributed by atoms with van der Waals surface area (Å²) in [6.45, 7) is 8.25. The Balaban J connectivity index is 2.33. The van der Waals surface area contributed by atoms with Crippen LogP contribution in [0, 0.1) is 0 Å². The third-order valence-electron chi connectivity index (χ3n) is 4.48. The van der Waals surface area contributed by atoms with Crippen LogP contribution in [-0.2, 0) is 11.0 Å². The number of halogens is 4. The lowest BCUT2D eigenvalue weighted by Gasteiger charge is -2.19. The van der Waals surface area contributed by atoms with E-state index in [0.29, 0.717) is 5.56 Å². The molecule has 2 rings (SSSR count). The highest BCUT2D eigenvalue weighted by Crippen LogP contribution is 2.36. The summed E-state index contributed by atoms with van der Waals surface area (Å²) >= 11 is 7.55. The van der Waals surface area contributed by atoms with Gasteiger partial charge in [0, 0.05) is 18.9 Å². The first kappa shape index (κ1) is 25.7. The van der Waals surface area contributed by atoms with Gasteiger partial charge in [0.25, 0.3) is 5.91 Å². The first-order valence-corrected chi connectivity index (χ1v) is 11.0. The molecule has 32 heavy (non-hydrogen) atoms. The van der Waals surface area contributed by atoms with Crippen molar-refractivity contribution < 1.29 is 22.8 Å². The maximum atomic E-state index is 13.6. The van der Waals surface area contributed by atoms with Crippen molar-refractivity contribution in [2.24, 2.45) is 4.99 Å². The molecule has 12 heteroatoms. The highest BCUT2D eigenvalue weighted by Gasteiger charge is 2.36. The predicted octanol–water partition coefficient (Wildman–Crippen LogP) is 4.57. The van der Waals surface area contributed by atoms with Gasteiger partial charge in [-0.15, -0.1) is 11.8 Å². The van der Waals surface area contributed by atoms with Crippen LogP contribution in [-0.4, -0.2) is 51.8 Å². The average Bonchev–Trinajstić information content (AvgIpc) is 3.06. The minimum Gasteiger partial charge on any atom is -0.345 e. The first-order valence-electron chi connectivity index (χ1n) is 9.58. The number of imidazole rings is 1. The number of aliphatic imine (C=N–C) groups is 1. The van der Waals surface area contributed by atoms with Gasteiger partial charge in [0.15, 0.2) is 11.3 Å². The van der Waals surface area contributed by atoms with E-state index in [1.54, 1.807) is 26.2 Å². The van der Waals surface area contributed by atoms with Crippen molar-refractivity contribution in [2.75, 3.05) is 19.0 Å². The maximum absolute atomic E-state index is 13.6. The molecule has 0 atom stereocenters. The van der Waals surface area contributed by atoms with Gasteiger partial charge in [-0.2, -0.15) is 13.2 Å². The monoisotopic (exact) mass is 489 g/mol. The number of hydrogen-bond acceptors (Lipinski definition) is 5. The van der Waals surface area contributed by atoms with Gasteiger partial charge in [-0.05, 0) is 36.6 Å². The molecule has 0 spiro atoms. The number of alkyl halides is 3. The van der Waals surface area contributed by atoms with Crippen molar-refractivity contribution in [3.63, 3.8) is 0 Å². The van der Waals surface area contributed by atoms with E-state index in [0.717, 1.165) is 15.4 Å². The number of hydrogen-bond donors (Lipinski definition) is 1. The maximum Gasteiger partial charge on any atom is 0.419 e. The highest BCUT2D eigenvalue weighted by atomic mass is 35.5. The number of carbonyl (C=O) groups excluding carboxylic acids is 2. The molecule has 2 amide bonds. The van der Waals surface area contributed by atoms with Crippen LogP contribution in [0.1, 0.15) is 48.3 Å². The van der Waals surface area contributed by atoms with E-state index >= 15 is 0 Å². The lowest BCUT2D eigenvalue weighted by molar-refractivity contribution is -0.136. The molecule has 7 nitrogen and oxygen atoms in total. The van der Waals surface area contributed by atoms with Crippen LogP contribution in [0.15, 0.2) is 28.9 Å². The Morgan fingerprint density at radius 2 is 2.12 bits per heavy atom. The number of rotatable bonds is 9. The Kier molecular flexibility index (Phi) is 8.73. The third kappa shape index (κ3) is 6.04. The highest BCUT2D eigenvalue weighted by molar-refractivity contribution is 8.02. The zero-order chi connectivity index (χ0) is 24.1. The van der Waals surface area contributed by atoms with Crippen LogP contribution < -0.4 is 5.32 Å². The number of fused-ring (bicyclic) bond motifs is 1. The fraction of sp³-hybridized carbons (Fsp3) is 0.400. The van der Waals surface area contributed by atoms with Gasteiger partial charge in [0.05, 0.1) is 18.0 Å². The van der Waals surface area contributed by atoms with E-state index in [4.69, 9.17) is 11.6 Å². The van der Waals surface area contributed by atoms with Gasteiger partial charge in [-0.3, -0.25) is 19.0 Å². The molecule has 0 radical (unpaired) electrons. The molecule has 2 aromatic heterocycles. The van der Waals surface area contributed by atoms with Gasteiger partial charge >= 0.3 is 6.18 Å². The number of thioether (sulfide) groups is 1. The Labute approximate surface area is 192 Å². The van der Waals surface area contributed by atoms with E-state index in [9.17, 15) is 22.8 Å². The molecule has 0 aliphatic rings. The predicted molar refractivity (Wildman–Crippen MR) is 120 cm³/mol. The van der Waals surface area contributed by atoms with E-state index in [2.05, 4.69) is 22.0 Å². The van der Waals surface area contributed by atoms with Crippen molar-refractivity contribution >= 4 is 47.5 Å². The fourth-order valence-electron chi connectivity index (χ4n) is 2.76. The molecule has 174 valence electrons. The van der Waals surface area contributed by atoms with Gasteiger partial charge in [-0.25, -0.2) is 4.98 Å². The number of amides is 2. The Hall–Kier alpha value is -2.53. The van der Waals surface area contributed by atoms with Gasteiger partial charge < -0.3 is 10.2 Å². The summed E-state index contributed by atoms with van der Waals surface area (Å²) in [7, 11) is 0. The number of carbonyl (C=O) groups is 2. The molecule has 0 aliphatic heterocycles. The summed E-state index contributed by atoms with van der Waals surface area (Å²) in [5.41, 5.74) is -1.39. The molecule has 0 bridgehead atoms. The molecule has 2 heterocycles. The quantitative estimate of drug-likeness (QED) is 0.318. The summed E-state index contributed by atoms with van der Waals surface area (Å²) in [5.74, 6) is -1.13. The number of nitrogens with zero attached hydrogens (tertiary/aromatic N) is 4. The van der Waals surface area contributed by atoms with Crippen LogP contribution in [0.25, 0.3) is 5.65 Å². The number of nitrogens with one attached hydrogen (secondary N) is 1. The first-order chi connectivity index (χ1) is 15.0. The van der Waals surface area contributed by atoms with Crippen molar-refractivity contribution in [1.29, 1.82) is 0 Å². The zero-order valence-corrected chi connectivity index (χ0v) is 19.3. The number of pyridine rings is 1. The SMILES string of the molecule is C=N/C=C\SCNC(=O)CN(CC)C(=O)c1nc2c(C(F)(F)F)cc(C(C)C)cn2c1Cl. The van der Waals surface area contributed by atoms with Crippen LogP contribution in [0.3, 0.4) is 0 Å². The van der Waals surface area contributed by atoms with Crippen molar-refractivity contribution in [3.05, 3.63) is 45.8 Å². The molecular formula is C20H23ClF3N5O2S. The van der Waals surface area contributed by atoms with E-state index in [1.807, 2.05) is 0 Å². The molecule has 0 fully saturated rings. The smallest absolute Gasteiger partial charge is 0.345 e. The van der Waals surface area contributed by atoms with Crippen molar-refractivity contribution in [3.8, 4) is 0 Å². The summed E-state index contributed by atoms with van der Waals surface area (Å²) in [4.78, 5) is 33.7. The summed E-state index contributed by atoms with van der Waals surface area (Å²) in [6.07, 6.45) is -1.78. The molecule has 2 aromatic rings. The lowest BCUT2D eigenvalue weighted by Crippen LogP contribution is -2.40. The largest absolute Gasteiger partial charge is 0.419 e. The molecule has 0 saturated heterocycles. The topological polar surface area (TPSA) is 79.1 Å². The summed E-state index contributed by atoms with van der Waals surface area (Å²) in [6, 6.07) is 1.01. The van der Waals surface area contributed by atoms with Gasteiger partial charge in [-0.1, -0.05) is 25.4 Å². The minimum absolute atomic E-state index is 0.132. The number of likely N-dealkylation sites (N-methyl/N-ethyl adjacent to an activating group) is 1. The lowest BCUT2D eigenvalue weighted by atomic mass is 10.0. The van der Waals surface area contributed by atoms with E-state index < -0.39 is 29.2 Å². The Bertz CT molecular complexity index is 1040. The molecule has 1 N–H and O–H groups in total. The van der Waals surface area contributed by atoms with E-state index in [1.165, 1.54) is 24.2 Å². The normalized spacial score (nSPS) is 12.0. The molecule has 0 aromatic carbocycles. The van der Waals surface area contributed by atoms with Crippen LogP contribution in [0.2, 0.25) is 5.15 Å². The molecule has 0 saturated carbocycles. The van der Waals surface area contributed by atoms with Crippen molar-refractivity contribution in [1.82, 2.24) is 19.6 Å². The fourth-order valence-corrected chi connectivity index (χ4v) is 3.53. The second-order valence-electron chi connectivity index (χ2n) is 6.98. The Morgan fingerprint density at radius 1 is 1.44 bits per heavy atom. The second-order valence-corrected chi connectivity index (χ2v) is 8.23. The second kappa shape index (κ2) is 10.9. The standard InChI is InChI=1S/C20H23ClF3N5O2S/c1-5-28(10-15(30)26-11-32-7-6-25-4)19(31)16-17(21)29-9-13(12(2)3)8-14(18(29)27-16)20(22,23)24/h6-9,12H,4-5,10-11H2,1-3H3,(H,26,30)/b7-6-. The van der Waals surface area contributed by atoms with Crippen molar-refractivity contribution in [2.45, 2.75) is 32.9 Å². The van der Waals surface area contributed by atoms with Gasteiger partial charge in [0.2, 0.25) is 5.91 Å². The average molecular weight is 490 g/mol.